The van der Waals surface area contributed by atoms with Crippen LogP contribution in [-0.4, -0.2) is 36.0 Å². The van der Waals surface area contributed by atoms with Crippen LogP contribution in [0, 0.1) is 0 Å². The normalized spacial score (nSPS) is 15.2. The van der Waals surface area contributed by atoms with Crippen LogP contribution in [0.2, 0.25) is 0 Å². The number of carbonyl (C=O) groups is 3. The van der Waals surface area contributed by atoms with Crippen molar-refractivity contribution in [3.05, 3.63) is 83.9 Å². The summed E-state index contributed by atoms with van der Waals surface area (Å²) in [5, 5.41) is 8.58. The molecule has 1 heterocycles. The average Bonchev–Trinajstić information content (AvgIpc) is 3.01. The molecule has 0 fully saturated rings. The van der Waals surface area contributed by atoms with Crippen LogP contribution >= 0.6 is 0 Å². The van der Waals surface area contributed by atoms with Crippen LogP contribution < -0.4 is 26.6 Å². The molecule has 0 bridgehead atoms. The van der Waals surface area contributed by atoms with Crippen LogP contribution in [0.5, 0.6) is 0 Å². The molecule has 3 aromatic rings. The molecule has 0 radical (unpaired) electrons. The first-order chi connectivity index (χ1) is 18.6. The van der Waals surface area contributed by atoms with Crippen LogP contribution in [0.15, 0.2) is 72.8 Å². The highest BCUT2D eigenvalue weighted by Gasteiger charge is 2.32. The summed E-state index contributed by atoms with van der Waals surface area (Å²) in [4.78, 5) is 40.2. The van der Waals surface area contributed by atoms with Gasteiger partial charge in [0.05, 0.1) is 12.2 Å². The van der Waals surface area contributed by atoms with E-state index in [9.17, 15) is 14.4 Å². The average molecular weight is 528 g/mol. The maximum Gasteiger partial charge on any atom is 0.319 e. The van der Waals surface area contributed by atoms with Gasteiger partial charge in [-0.05, 0) is 62.4 Å². The van der Waals surface area contributed by atoms with Crippen molar-refractivity contribution in [3.8, 4) is 11.1 Å². The quantitative estimate of drug-likeness (QED) is 0.343. The van der Waals surface area contributed by atoms with Gasteiger partial charge in [0.15, 0.2) is 0 Å². The Labute approximate surface area is 230 Å². The zero-order valence-electron chi connectivity index (χ0n) is 22.8. The van der Waals surface area contributed by atoms with E-state index in [2.05, 4.69) is 16.0 Å². The van der Waals surface area contributed by atoms with Gasteiger partial charge in [0.2, 0.25) is 11.8 Å². The molecule has 0 saturated heterocycles. The number of amides is 4. The Morgan fingerprint density at radius 3 is 2.41 bits per heavy atom. The number of carbonyl (C=O) groups excluding carboxylic acids is 3. The van der Waals surface area contributed by atoms with E-state index in [-0.39, 0.29) is 24.3 Å². The van der Waals surface area contributed by atoms with Gasteiger partial charge in [-0.15, -0.1) is 0 Å². The van der Waals surface area contributed by atoms with Gasteiger partial charge >= 0.3 is 6.03 Å². The number of para-hydroxylation sites is 2. The van der Waals surface area contributed by atoms with Crippen LogP contribution in [-0.2, 0) is 22.6 Å². The summed E-state index contributed by atoms with van der Waals surface area (Å²) < 4.78 is 0. The van der Waals surface area contributed by atoms with E-state index in [1.54, 1.807) is 18.7 Å². The first-order valence-corrected chi connectivity index (χ1v) is 13.4. The van der Waals surface area contributed by atoms with E-state index in [0.29, 0.717) is 31.6 Å². The molecular formula is C31H37N5O3. The molecule has 8 nitrogen and oxygen atoms in total. The molecule has 204 valence electrons. The minimum Gasteiger partial charge on any atom is -0.344 e. The largest absolute Gasteiger partial charge is 0.344 e. The van der Waals surface area contributed by atoms with Gasteiger partial charge < -0.3 is 26.6 Å². The van der Waals surface area contributed by atoms with E-state index >= 15 is 0 Å². The third kappa shape index (κ3) is 7.23. The zero-order chi connectivity index (χ0) is 28.0. The van der Waals surface area contributed by atoms with E-state index < -0.39 is 11.6 Å². The van der Waals surface area contributed by atoms with E-state index in [0.717, 1.165) is 27.9 Å². The Kier molecular flexibility index (Phi) is 8.66. The van der Waals surface area contributed by atoms with Crippen molar-refractivity contribution in [2.24, 2.45) is 5.73 Å². The highest BCUT2D eigenvalue weighted by molar-refractivity contribution is 6.00. The monoisotopic (exact) mass is 527 g/mol. The number of hydrogen-bond donors (Lipinski definition) is 4. The smallest absolute Gasteiger partial charge is 0.319 e. The van der Waals surface area contributed by atoms with Gasteiger partial charge in [0.1, 0.15) is 6.04 Å². The first-order valence-electron chi connectivity index (χ1n) is 13.4. The van der Waals surface area contributed by atoms with Gasteiger partial charge in [-0.25, -0.2) is 4.79 Å². The molecule has 0 aromatic heterocycles. The van der Waals surface area contributed by atoms with Gasteiger partial charge in [-0.1, -0.05) is 60.7 Å². The van der Waals surface area contributed by atoms with Crippen molar-refractivity contribution < 1.29 is 14.4 Å². The number of anilines is 2. The molecular weight excluding hydrogens is 490 g/mol. The van der Waals surface area contributed by atoms with Gasteiger partial charge in [-0.3, -0.25) is 9.59 Å². The first kappa shape index (κ1) is 27.9. The molecule has 1 aliphatic heterocycles. The number of nitrogens with zero attached hydrogens (tertiary/aromatic N) is 1. The highest BCUT2D eigenvalue weighted by Crippen LogP contribution is 2.31. The molecule has 39 heavy (non-hydrogen) atoms. The summed E-state index contributed by atoms with van der Waals surface area (Å²) in [5.74, 6) is -0.361. The third-order valence-electron chi connectivity index (χ3n) is 6.62. The lowest BCUT2D eigenvalue weighted by atomic mass is 10.0. The van der Waals surface area contributed by atoms with E-state index in [4.69, 9.17) is 5.73 Å². The number of aryl methyl sites for hydroxylation is 1. The summed E-state index contributed by atoms with van der Waals surface area (Å²) in [5.41, 5.74) is 10.8. The Hall–Kier alpha value is -4.17. The van der Waals surface area contributed by atoms with Crippen molar-refractivity contribution in [2.45, 2.75) is 58.2 Å². The Balaban J connectivity index is 1.56. The molecule has 1 atom stereocenters. The maximum absolute atomic E-state index is 13.7. The van der Waals surface area contributed by atoms with Crippen molar-refractivity contribution in [2.75, 3.05) is 16.8 Å². The van der Waals surface area contributed by atoms with E-state index in [1.807, 2.05) is 79.7 Å². The maximum atomic E-state index is 13.7. The number of rotatable bonds is 8. The van der Waals surface area contributed by atoms with Crippen LogP contribution in [0.3, 0.4) is 0 Å². The van der Waals surface area contributed by atoms with Crippen molar-refractivity contribution >= 4 is 29.2 Å². The summed E-state index contributed by atoms with van der Waals surface area (Å²) in [6.45, 7) is 6.36. The summed E-state index contributed by atoms with van der Waals surface area (Å²) in [6.07, 6.45) is 1.35. The Morgan fingerprint density at radius 1 is 1.00 bits per heavy atom. The molecule has 3 aromatic carbocycles. The number of nitrogens with one attached hydrogen (secondary N) is 3. The van der Waals surface area contributed by atoms with Crippen LogP contribution in [0.1, 0.15) is 44.7 Å². The lowest BCUT2D eigenvalue weighted by Gasteiger charge is -2.27. The van der Waals surface area contributed by atoms with Crippen LogP contribution in [0.4, 0.5) is 16.2 Å². The number of nitrogens with two attached hydrogens (primary N) is 1. The molecule has 4 rings (SSSR count). The predicted octanol–water partition coefficient (Wildman–Crippen LogP) is 4.59. The molecule has 8 heteroatoms. The minimum atomic E-state index is -0.657. The molecule has 0 saturated carbocycles. The molecule has 0 spiro atoms. The highest BCUT2D eigenvalue weighted by atomic mass is 16.2. The molecule has 1 aliphatic rings. The van der Waals surface area contributed by atoms with Gasteiger partial charge in [0.25, 0.3) is 0 Å². The Bertz CT molecular complexity index is 1330. The number of hydrogen-bond acceptors (Lipinski definition) is 4. The molecule has 0 aliphatic carbocycles. The summed E-state index contributed by atoms with van der Waals surface area (Å²) in [6, 6.07) is 22.6. The second-order valence-corrected chi connectivity index (χ2v) is 10.6. The van der Waals surface area contributed by atoms with Gasteiger partial charge in [0, 0.05) is 29.8 Å². The van der Waals surface area contributed by atoms with Crippen molar-refractivity contribution in [1.29, 1.82) is 0 Å². The Morgan fingerprint density at radius 2 is 1.69 bits per heavy atom. The fourth-order valence-corrected chi connectivity index (χ4v) is 4.82. The predicted molar refractivity (Wildman–Crippen MR) is 155 cm³/mol. The molecule has 0 unspecified atom stereocenters. The zero-order valence-corrected chi connectivity index (χ0v) is 22.8. The summed E-state index contributed by atoms with van der Waals surface area (Å²) >= 11 is 0. The molecule has 4 amide bonds. The second-order valence-electron chi connectivity index (χ2n) is 10.6. The summed E-state index contributed by atoms with van der Waals surface area (Å²) in [7, 11) is 0. The molecule has 5 N–H and O–H groups in total. The minimum absolute atomic E-state index is 0.135. The van der Waals surface area contributed by atoms with Crippen molar-refractivity contribution in [3.63, 3.8) is 0 Å². The van der Waals surface area contributed by atoms with Crippen LogP contribution in [0.25, 0.3) is 11.1 Å². The second kappa shape index (κ2) is 12.1. The fourth-order valence-electron chi connectivity index (χ4n) is 4.82. The lowest BCUT2D eigenvalue weighted by Crippen LogP contribution is -2.49. The third-order valence-corrected chi connectivity index (χ3v) is 6.62. The topological polar surface area (TPSA) is 117 Å². The SMILES string of the molecule is CCNC(=O)Nc1ccccc1-c1ccc(CN2C(=O)[C@H](NC(=O)CC(C)(C)N)CCc3ccccc32)cc1. The lowest BCUT2D eigenvalue weighted by molar-refractivity contribution is -0.128. The number of benzene rings is 3. The number of urea groups is 1. The van der Waals surface area contributed by atoms with Gasteiger partial charge in [-0.2, -0.15) is 0 Å². The van der Waals surface area contributed by atoms with E-state index in [1.165, 1.54) is 0 Å². The number of fused-ring (bicyclic) bond motifs is 1. The van der Waals surface area contributed by atoms with Crippen molar-refractivity contribution in [1.82, 2.24) is 10.6 Å². The fraction of sp³-hybridized carbons (Fsp3) is 0.323. The standard InChI is InChI=1S/C31H37N5O3/c1-4-33-30(39)35-25-11-7-6-10-24(25)22-15-13-21(14-16-22)20-36-27-12-8-5-9-23(27)17-18-26(29(36)38)34-28(37)19-31(2,3)32/h5-16,26H,4,17-20,32H2,1-3H3,(H,34,37)(H2,33,35,39)/t26-/m1/s1.